The Morgan fingerprint density at radius 2 is 1.77 bits per heavy atom. The molecule has 3 nitrogen and oxygen atoms in total. The molecule has 0 aliphatic rings. The quantitative estimate of drug-likeness (QED) is 0.867. The van der Waals surface area contributed by atoms with Crippen molar-refractivity contribution in [2.24, 2.45) is 0 Å². The smallest absolute Gasteiger partial charge is 0.241 e. The van der Waals surface area contributed by atoms with Crippen molar-refractivity contribution in [2.45, 2.75) is 19.5 Å². The van der Waals surface area contributed by atoms with Gasteiger partial charge >= 0.3 is 0 Å². The summed E-state index contributed by atoms with van der Waals surface area (Å²) in [6, 6.07) is 13.4. The van der Waals surface area contributed by atoms with Crippen LogP contribution in [0.2, 0.25) is 0 Å². The molecule has 0 aliphatic heterocycles. The van der Waals surface area contributed by atoms with Gasteiger partial charge in [-0.1, -0.05) is 28.1 Å². The zero-order valence-electron chi connectivity index (χ0n) is 12.5. The number of amides is 1. The average molecular weight is 365 g/mol. The summed E-state index contributed by atoms with van der Waals surface area (Å²) in [5, 5.41) is 2.79. The van der Waals surface area contributed by atoms with Gasteiger partial charge in [0.05, 0.1) is 6.04 Å². The predicted octanol–water partition coefficient (Wildman–Crippen LogP) is 4.05. The van der Waals surface area contributed by atoms with Crippen LogP contribution in [-0.2, 0) is 11.3 Å². The molecule has 22 heavy (non-hydrogen) atoms. The van der Waals surface area contributed by atoms with Crippen LogP contribution in [0, 0.1) is 5.82 Å². The molecule has 5 heteroatoms. The van der Waals surface area contributed by atoms with E-state index in [0.717, 1.165) is 10.0 Å². The second kappa shape index (κ2) is 7.51. The van der Waals surface area contributed by atoms with Gasteiger partial charge < -0.3 is 5.32 Å². The van der Waals surface area contributed by atoms with Crippen molar-refractivity contribution in [1.29, 1.82) is 0 Å². The lowest BCUT2D eigenvalue weighted by atomic mass is 10.2. The molecule has 116 valence electrons. The zero-order chi connectivity index (χ0) is 16.1. The van der Waals surface area contributed by atoms with E-state index in [1.165, 1.54) is 12.1 Å². The molecule has 1 N–H and O–H groups in total. The maximum atomic E-state index is 12.9. The van der Waals surface area contributed by atoms with Crippen molar-refractivity contribution < 1.29 is 9.18 Å². The lowest BCUT2D eigenvalue weighted by Crippen LogP contribution is -2.39. The standard InChI is InChI=1S/C17H18BrFN2O/c1-12(17(22)20-16-9-7-15(19)8-10-16)21(2)11-13-3-5-14(18)6-4-13/h3-10,12H,11H2,1-2H3,(H,20,22)/t12-/m1/s1. The summed E-state index contributed by atoms with van der Waals surface area (Å²) >= 11 is 3.40. The molecule has 0 fully saturated rings. The molecule has 0 bridgehead atoms. The van der Waals surface area contributed by atoms with Crippen molar-refractivity contribution >= 4 is 27.5 Å². The number of likely N-dealkylation sites (N-methyl/N-ethyl adjacent to an activating group) is 1. The molecule has 2 aromatic carbocycles. The van der Waals surface area contributed by atoms with Crippen molar-refractivity contribution in [1.82, 2.24) is 4.90 Å². The Kier molecular flexibility index (Phi) is 5.69. The Bertz CT molecular complexity index is 628. The van der Waals surface area contributed by atoms with E-state index >= 15 is 0 Å². The van der Waals surface area contributed by atoms with Crippen LogP contribution in [0.25, 0.3) is 0 Å². The van der Waals surface area contributed by atoms with E-state index in [0.29, 0.717) is 12.2 Å². The minimum absolute atomic E-state index is 0.119. The first-order chi connectivity index (χ1) is 10.5. The van der Waals surface area contributed by atoms with Crippen LogP contribution in [0.3, 0.4) is 0 Å². The van der Waals surface area contributed by atoms with Gasteiger partial charge in [-0.2, -0.15) is 0 Å². The zero-order valence-corrected chi connectivity index (χ0v) is 14.1. The first-order valence-corrected chi connectivity index (χ1v) is 7.76. The maximum Gasteiger partial charge on any atom is 0.241 e. The Hall–Kier alpha value is -1.72. The fourth-order valence-corrected chi connectivity index (χ4v) is 2.26. The van der Waals surface area contributed by atoms with Gasteiger partial charge in [0, 0.05) is 16.7 Å². The second-order valence-corrected chi connectivity index (χ2v) is 6.13. The second-order valence-electron chi connectivity index (χ2n) is 5.21. The van der Waals surface area contributed by atoms with Crippen molar-refractivity contribution in [2.75, 3.05) is 12.4 Å². The summed E-state index contributed by atoms with van der Waals surface area (Å²) in [7, 11) is 1.90. The van der Waals surface area contributed by atoms with Gasteiger partial charge in [-0.15, -0.1) is 0 Å². The lowest BCUT2D eigenvalue weighted by molar-refractivity contribution is -0.120. The Morgan fingerprint density at radius 3 is 2.36 bits per heavy atom. The van der Waals surface area contributed by atoms with Crippen LogP contribution >= 0.6 is 15.9 Å². The first kappa shape index (κ1) is 16.6. The third-order valence-electron chi connectivity index (χ3n) is 3.50. The van der Waals surface area contributed by atoms with Gasteiger partial charge in [0.2, 0.25) is 5.91 Å². The number of hydrogen-bond donors (Lipinski definition) is 1. The number of nitrogens with one attached hydrogen (secondary N) is 1. The third kappa shape index (κ3) is 4.64. The molecular formula is C17H18BrFN2O. The Balaban J connectivity index is 1.94. The van der Waals surface area contributed by atoms with Crippen LogP contribution in [-0.4, -0.2) is 23.9 Å². The molecule has 0 saturated carbocycles. The van der Waals surface area contributed by atoms with Crippen molar-refractivity contribution in [3.8, 4) is 0 Å². The highest BCUT2D eigenvalue weighted by atomic mass is 79.9. The molecule has 0 saturated heterocycles. The minimum atomic E-state index is -0.321. The molecule has 0 aromatic heterocycles. The summed E-state index contributed by atoms with van der Waals surface area (Å²) in [4.78, 5) is 14.2. The van der Waals surface area contributed by atoms with E-state index in [1.54, 1.807) is 12.1 Å². The topological polar surface area (TPSA) is 32.3 Å². The molecule has 1 amide bonds. The lowest BCUT2D eigenvalue weighted by Gasteiger charge is -2.24. The van der Waals surface area contributed by atoms with Crippen molar-refractivity contribution in [3.63, 3.8) is 0 Å². The number of carbonyl (C=O) groups excluding carboxylic acids is 1. The molecule has 0 unspecified atom stereocenters. The normalized spacial score (nSPS) is 12.2. The van der Waals surface area contributed by atoms with Crippen LogP contribution in [0.5, 0.6) is 0 Å². The molecule has 1 atom stereocenters. The average Bonchev–Trinajstić information content (AvgIpc) is 2.51. The molecule has 0 spiro atoms. The minimum Gasteiger partial charge on any atom is -0.325 e. The largest absolute Gasteiger partial charge is 0.325 e. The number of halogens is 2. The number of anilines is 1. The van der Waals surface area contributed by atoms with E-state index in [9.17, 15) is 9.18 Å². The van der Waals surface area contributed by atoms with Gasteiger partial charge in [-0.3, -0.25) is 9.69 Å². The van der Waals surface area contributed by atoms with Crippen LogP contribution in [0.15, 0.2) is 53.0 Å². The fourth-order valence-electron chi connectivity index (χ4n) is 1.99. The Labute approximate surface area is 138 Å². The fraction of sp³-hybridized carbons (Fsp3) is 0.235. The molecule has 0 aliphatic carbocycles. The van der Waals surface area contributed by atoms with Crippen molar-refractivity contribution in [3.05, 3.63) is 64.4 Å². The first-order valence-electron chi connectivity index (χ1n) is 6.97. The molecule has 2 aromatic rings. The highest BCUT2D eigenvalue weighted by Crippen LogP contribution is 2.14. The molecular weight excluding hydrogens is 347 g/mol. The highest BCUT2D eigenvalue weighted by Gasteiger charge is 2.18. The molecule has 2 rings (SSSR count). The number of nitrogens with zero attached hydrogens (tertiary/aromatic N) is 1. The van der Waals surface area contributed by atoms with Gasteiger partial charge in [-0.05, 0) is 55.9 Å². The third-order valence-corrected chi connectivity index (χ3v) is 4.03. The van der Waals surface area contributed by atoms with Gasteiger partial charge in [0.25, 0.3) is 0 Å². The number of rotatable bonds is 5. The van der Waals surface area contributed by atoms with Gasteiger partial charge in [0.15, 0.2) is 0 Å². The monoisotopic (exact) mass is 364 g/mol. The van der Waals surface area contributed by atoms with Gasteiger partial charge in [-0.25, -0.2) is 4.39 Å². The van der Waals surface area contributed by atoms with E-state index in [-0.39, 0.29) is 17.8 Å². The Morgan fingerprint density at radius 1 is 1.18 bits per heavy atom. The number of benzene rings is 2. The summed E-state index contributed by atoms with van der Waals surface area (Å²) in [6.07, 6.45) is 0. The molecule has 0 heterocycles. The predicted molar refractivity (Wildman–Crippen MR) is 90.1 cm³/mol. The van der Waals surface area contributed by atoms with E-state index in [2.05, 4.69) is 21.2 Å². The maximum absolute atomic E-state index is 12.9. The van der Waals surface area contributed by atoms with Crippen LogP contribution in [0.4, 0.5) is 10.1 Å². The summed E-state index contributed by atoms with van der Waals surface area (Å²) in [5.74, 6) is -0.440. The number of hydrogen-bond acceptors (Lipinski definition) is 2. The highest BCUT2D eigenvalue weighted by molar-refractivity contribution is 9.10. The van der Waals surface area contributed by atoms with E-state index in [1.807, 2.05) is 43.1 Å². The summed E-state index contributed by atoms with van der Waals surface area (Å²) < 4.78 is 13.9. The van der Waals surface area contributed by atoms with Gasteiger partial charge in [0.1, 0.15) is 5.82 Å². The summed E-state index contributed by atoms with van der Waals surface area (Å²) in [5.41, 5.74) is 1.72. The SMILES string of the molecule is C[C@H](C(=O)Nc1ccc(F)cc1)N(C)Cc1ccc(Br)cc1. The van der Waals surface area contributed by atoms with E-state index in [4.69, 9.17) is 0 Å². The van der Waals surface area contributed by atoms with Crippen LogP contribution < -0.4 is 5.32 Å². The summed E-state index contributed by atoms with van der Waals surface area (Å²) in [6.45, 7) is 2.52. The van der Waals surface area contributed by atoms with Crippen LogP contribution in [0.1, 0.15) is 12.5 Å². The molecule has 0 radical (unpaired) electrons. The number of carbonyl (C=O) groups is 1. The van der Waals surface area contributed by atoms with E-state index < -0.39 is 0 Å².